The highest BCUT2D eigenvalue weighted by molar-refractivity contribution is 6.42. The van der Waals surface area contributed by atoms with E-state index in [-0.39, 0.29) is 6.03 Å². The van der Waals surface area contributed by atoms with Gasteiger partial charge >= 0.3 is 6.03 Å². The molecule has 2 aromatic carbocycles. The van der Waals surface area contributed by atoms with Crippen LogP contribution < -0.4 is 15.4 Å². The number of hydrogen-bond donors (Lipinski definition) is 2. The standard InChI is InChI=1S/C19H15Cl2N3O2/c20-16-8-7-14(11-17(16)21)24-19(25)23-12-13-4-3-5-15(10-13)26-18-6-1-2-9-22-18/h1-11H,12H2,(H2,23,24,25). The summed E-state index contributed by atoms with van der Waals surface area (Å²) >= 11 is 11.8. The number of nitrogens with zero attached hydrogens (tertiary/aromatic N) is 1. The van der Waals surface area contributed by atoms with Crippen LogP contribution in [0.15, 0.2) is 66.9 Å². The Morgan fingerprint density at radius 3 is 2.65 bits per heavy atom. The highest BCUT2D eigenvalue weighted by Gasteiger charge is 2.05. The summed E-state index contributed by atoms with van der Waals surface area (Å²) in [6.45, 7) is 0.340. The second-order valence-corrected chi connectivity index (χ2v) is 6.17. The van der Waals surface area contributed by atoms with Crippen LogP contribution in [0.2, 0.25) is 10.0 Å². The van der Waals surface area contributed by atoms with Crippen molar-refractivity contribution in [1.29, 1.82) is 0 Å². The Hall–Kier alpha value is -2.76. The van der Waals surface area contributed by atoms with Gasteiger partial charge in [0.1, 0.15) is 5.75 Å². The lowest BCUT2D eigenvalue weighted by atomic mass is 10.2. The molecule has 0 saturated carbocycles. The summed E-state index contributed by atoms with van der Waals surface area (Å²) in [4.78, 5) is 16.1. The Morgan fingerprint density at radius 1 is 1.00 bits per heavy atom. The van der Waals surface area contributed by atoms with Crippen molar-refractivity contribution < 1.29 is 9.53 Å². The number of anilines is 1. The molecule has 0 atom stereocenters. The topological polar surface area (TPSA) is 63.2 Å². The first-order valence-electron chi connectivity index (χ1n) is 7.78. The molecule has 132 valence electrons. The largest absolute Gasteiger partial charge is 0.439 e. The van der Waals surface area contributed by atoms with Crippen LogP contribution in [0, 0.1) is 0 Å². The van der Waals surface area contributed by atoms with E-state index >= 15 is 0 Å². The van der Waals surface area contributed by atoms with E-state index in [2.05, 4.69) is 15.6 Å². The third-order valence-corrected chi connectivity index (χ3v) is 4.13. The maximum absolute atomic E-state index is 12.0. The number of carbonyl (C=O) groups is 1. The van der Waals surface area contributed by atoms with Crippen LogP contribution in [0.3, 0.4) is 0 Å². The van der Waals surface area contributed by atoms with Crippen molar-refractivity contribution in [2.24, 2.45) is 0 Å². The number of rotatable bonds is 5. The average Bonchev–Trinajstić information content (AvgIpc) is 2.64. The van der Waals surface area contributed by atoms with E-state index in [1.807, 2.05) is 36.4 Å². The monoisotopic (exact) mass is 387 g/mol. The highest BCUT2D eigenvalue weighted by Crippen LogP contribution is 2.25. The van der Waals surface area contributed by atoms with Crippen LogP contribution in [0.1, 0.15) is 5.56 Å². The molecule has 0 spiro atoms. The fourth-order valence-corrected chi connectivity index (χ4v) is 2.48. The summed E-state index contributed by atoms with van der Waals surface area (Å²) in [7, 11) is 0. The van der Waals surface area contributed by atoms with E-state index in [1.54, 1.807) is 30.5 Å². The first-order valence-corrected chi connectivity index (χ1v) is 8.53. The minimum Gasteiger partial charge on any atom is -0.439 e. The zero-order chi connectivity index (χ0) is 18.4. The molecule has 3 aromatic rings. The van der Waals surface area contributed by atoms with Crippen molar-refractivity contribution in [3.05, 3.63) is 82.5 Å². The summed E-state index contributed by atoms with van der Waals surface area (Å²) in [5.74, 6) is 1.16. The molecule has 1 aromatic heterocycles. The number of pyridine rings is 1. The van der Waals surface area contributed by atoms with Crippen molar-refractivity contribution in [2.75, 3.05) is 5.32 Å². The van der Waals surface area contributed by atoms with Gasteiger partial charge in [-0.2, -0.15) is 0 Å². The third kappa shape index (κ3) is 5.12. The molecule has 2 N–H and O–H groups in total. The zero-order valence-corrected chi connectivity index (χ0v) is 15.1. The molecule has 0 radical (unpaired) electrons. The van der Waals surface area contributed by atoms with E-state index in [9.17, 15) is 4.79 Å². The lowest BCUT2D eigenvalue weighted by molar-refractivity contribution is 0.251. The van der Waals surface area contributed by atoms with Gasteiger partial charge in [-0.15, -0.1) is 0 Å². The third-order valence-electron chi connectivity index (χ3n) is 3.39. The fraction of sp³-hybridized carbons (Fsp3) is 0.0526. The van der Waals surface area contributed by atoms with Crippen LogP contribution in [0.25, 0.3) is 0 Å². The van der Waals surface area contributed by atoms with Crippen LogP contribution in [-0.4, -0.2) is 11.0 Å². The first-order chi connectivity index (χ1) is 12.6. The average molecular weight is 388 g/mol. The van der Waals surface area contributed by atoms with E-state index in [0.29, 0.717) is 33.9 Å². The minimum absolute atomic E-state index is 0.340. The Morgan fingerprint density at radius 2 is 1.88 bits per heavy atom. The fourth-order valence-electron chi connectivity index (χ4n) is 2.18. The van der Waals surface area contributed by atoms with Crippen molar-refractivity contribution in [3.8, 4) is 11.6 Å². The SMILES string of the molecule is O=C(NCc1cccc(Oc2ccccn2)c1)Nc1ccc(Cl)c(Cl)c1. The van der Waals surface area contributed by atoms with E-state index in [0.717, 1.165) is 5.56 Å². The number of urea groups is 1. The van der Waals surface area contributed by atoms with Crippen LogP contribution in [0.4, 0.5) is 10.5 Å². The van der Waals surface area contributed by atoms with Crippen molar-refractivity contribution >= 4 is 34.9 Å². The van der Waals surface area contributed by atoms with Gasteiger partial charge in [0.05, 0.1) is 10.0 Å². The van der Waals surface area contributed by atoms with Gasteiger partial charge in [-0.05, 0) is 42.0 Å². The maximum atomic E-state index is 12.0. The molecule has 2 amide bonds. The van der Waals surface area contributed by atoms with Gasteiger partial charge in [0.25, 0.3) is 0 Å². The lowest BCUT2D eigenvalue weighted by Gasteiger charge is -2.10. The van der Waals surface area contributed by atoms with Gasteiger partial charge in [-0.3, -0.25) is 0 Å². The van der Waals surface area contributed by atoms with Crippen molar-refractivity contribution in [2.45, 2.75) is 6.54 Å². The van der Waals surface area contributed by atoms with Crippen LogP contribution in [-0.2, 0) is 6.54 Å². The number of carbonyl (C=O) groups excluding carboxylic acids is 1. The number of nitrogens with one attached hydrogen (secondary N) is 2. The molecule has 0 aliphatic carbocycles. The molecule has 0 unspecified atom stereocenters. The highest BCUT2D eigenvalue weighted by atomic mass is 35.5. The van der Waals surface area contributed by atoms with Gasteiger partial charge < -0.3 is 15.4 Å². The van der Waals surface area contributed by atoms with Gasteiger partial charge in [-0.25, -0.2) is 9.78 Å². The van der Waals surface area contributed by atoms with Crippen molar-refractivity contribution in [1.82, 2.24) is 10.3 Å². The van der Waals surface area contributed by atoms with Gasteiger partial charge in [0.2, 0.25) is 5.88 Å². The van der Waals surface area contributed by atoms with Crippen molar-refractivity contribution in [3.63, 3.8) is 0 Å². The number of benzene rings is 2. The van der Waals surface area contributed by atoms with E-state index in [4.69, 9.17) is 27.9 Å². The Labute approximate surface area is 160 Å². The van der Waals surface area contributed by atoms with E-state index in [1.165, 1.54) is 0 Å². The van der Waals surface area contributed by atoms with Crippen LogP contribution >= 0.6 is 23.2 Å². The molecular formula is C19H15Cl2N3O2. The predicted octanol–water partition coefficient (Wildman–Crippen LogP) is 5.50. The number of amides is 2. The molecule has 1 heterocycles. The molecule has 26 heavy (non-hydrogen) atoms. The van der Waals surface area contributed by atoms with Gasteiger partial charge in [-0.1, -0.05) is 41.4 Å². The molecule has 0 fully saturated rings. The lowest BCUT2D eigenvalue weighted by Crippen LogP contribution is -2.28. The quantitative estimate of drug-likeness (QED) is 0.607. The van der Waals surface area contributed by atoms with Gasteiger partial charge in [0.15, 0.2) is 0 Å². The summed E-state index contributed by atoms with van der Waals surface area (Å²) in [6.07, 6.45) is 1.66. The minimum atomic E-state index is -0.348. The number of hydrogen-bond acceptors (Lipinski definition) is 3. The van der Waals surface area contributed by atoms with E-state index < -0.39 is 0 Å². The molecular weight excluding hydrogens is 373 g/mol. The Bertz CT molecular complexity index is 904. The summed E-state index contributed by atoms with van der Waals surface area (Å²) in [5.41, 5.74) is 1.45. The Kier molecular flexibility index (Phi) is 5.94. The smallest absolute Gasteiger partial charge is 0.319 e. The van der Waals surface area contributed by atoms with Gasteiger partial charge in [0, 0.05) is 24.5 Å². The molecule has 0 aliphatic heterocycles. The molecule has 0 bridgehead atoms. The number of ether oxygens (including phenoxy) is 1. The zero-order valence-electron chi connectivity index (χ0n) is 13.6. The Balaban J connectivity index is 1.56. The molecule has 3 rings (SSSR count). The molecule has 0 saturated heterocycles. The summed E-state index contributed by atoms with van der Waals surface area (Å²) in [6, 6.07) is 17.4. The summed E-state index contributed by atoms with van der Waals surface area (Å²) < 4.78 is 5.68. The molecule has 5 nitrogen and oxygen atoms in total. The number of aromatic nitrogens is 1. The van der Waals surface area contributed by atoms with Crippen LogP contribution in [0.5, 0.6) is 11.6 Å². The normalized spacial score (nSPS) is 10.2. The number of halogens is 2. The summed E-state index contributed by atoms with van der Waals surface area (Å²) in [5, 5.41) is 6.29. The second kappa shape index (κ2) is 8.56. The first kappa shape index (κ1) is 18.0. The predicted molar refractivity (Wildman–Crippen MR) is 103 cm³/mol. The molecule has 0 aliphatic rings. The second-order valence-electron chi connectivity index (χ2n) is 5.35. The maximum Gasteiger partial charge on any atom is 0.319 e. The molecule has 7 heteroatoms.